The van der Waals surface area contributed by atoms with E-state index in [-0.39, 0.29) is 47.0 Å². The Morgan fingerprint density at radius 3 is 2.59 bits per heavy atom. The van der Waals surface area contributed by atoms with Crippen molar-refractivity contribution in [2.75, 3.05) is 31.2 Å². The number of hydrogen-bond donors (Lipinski definition) is 1. The summed E-state index contributed by atoms with van der Waals surface area (Å²) in [5.74, 6) is -1.39. The normalized spacial score (nSPS) is 18.1. The molecular formula is C22H25ClFN3O5. The molecule has 1 saturated heterocycles. The maximum Gasteiger partial charge on any atom is 0.407 e. The minimum Gasteiger partial charge on any atom is -0.462 e. The number of rotatable bonds is 6. The summed E-state index contributed by atoms with van der Waals surface area (Å²) >= 11 is 6.70. The molecule has 0 spiro atoms. The Bertz CT molecular complexity index is 1130. The van der Waals surface area contributed by atoms with E-state index in [0.29, 0.717) is 25.0 Å². The number of hydrogen-bond acceptors (Lipinski definition) is 6. The summed E-state index contributed by atoms with van der Waals surface area (Å²) in [4.78, 5) is 38.8. The van der Waals surface area contributed by atoms with E-state index >= 15 is 4.39 Å². The first-order valence-corrected chi connectivity index (χ1v) is 11.2. The van der Waals surface area contributed by atoms with E-state index in [4.69, 9.17) is 21.1 Å². The standard InChI is InChI=1S/C22H25ClFN3O5/c1-3-31-21(29)15-11-27(13-5-6-13)18-14(20(15)28)9-16(24)19(17(18)23)26-8-7-12(10-26)25-22(30)32-4-2/h9,11-13H,3-8,10H2,1-2H3,(H,25,30). The number of carbonyl (C=O) groups excluding carboxylic acids is 2. The molecule has 1 atom stereocenters. The molecule has 0 radical (unpaired) electrons. The van der Waals surface area contributed by atoms with Gasteiger partial charge in [0.05, 0.1) is 40.9 Å². The minimum absolute atomic E-state index is 0.0501. The number of fused-ring (bicyclic) bond motifs is 1. The molecule has 0 bridgehead atoms. The lowest BCUT2D eigenvalue weighted by molar-refractivity contribution is 0.0524. The molecule has 8 nitrogen and oxygen atoms in total. The summed E-state index contributed by atoms with van der Waals surface area (Å²) < 4.78 is 27.0. The monoisotopic (exact) mass is 465 g/mol. The largest absolute Gasteiger partial charge is 0.462 e. The van der Waals surface area contributed by atoms with Crippen LogP contribution in [0.3, 0.4) is 0 Å². The number of pyridine rings is 1. The Hall–Kier alpha value is -2.81. The number of halogens is 2. The Kier molecular flexibility index (Phi) is 6.28. The summed E-state index contributed by atoms with van der Waals surface area (Å²) in [5, 5.41) is 2.93. The molecule has 1 amide bonds. The molecule has 1 N–H and O–H groups in total. The average molecular weight is 466 g/mol. The second kappa shape index (κ2) is 8.97. The van der Waals surface area contributed by atoms with Crippen LogP contribution in [0.15, 0.2) is 17.1 Å². The molecule has 2 aliphatic rings. The summed E-state index contributed by atoms with van der Waals surface area (Å²) in [7, 11) is 0. The van der Waals surface area contributed by atoms with Crippen molar-refractivity contribution in [1.29, 1.82) is 0 Å². The predicted molar refractivity (Wildman–Crippen MR) is 118 cm³/mol. The molecule has 4 rings (SSSR count). The number of esters is 1. The third kappa shape index (κ3) is 4.13. The number of aromatic nitrogens is 1. The molecule has 1 aromatic heterocycles. The van der Waals surface area contributed by atoms with Gasteiger partial charge in [0.15, 0.2) is 0 Å². The van der Waals surface area contributed by atoms with Crippen LogP contribution < -0.4 is 15.6 Å². The Balaban J connectivity index is 1.76. The number of anilines is 1. The van der Waals surface area contributed by atoms with Crippen molar-refractivity contribution in [2.45, 2.75) is 45.2 Å². The fourth-order valence-electron chi connectivity index (χ4n) is 4.14. The molecule has 172 valence electrons. The molecule has 10 heteroatoms. The van der Waals surface area contributed by atoms with Gasteiger partial charge in [-0.2, -0.15) is 0 Å². The average Bonchev–Trinajstić information content (AvgIpc) is 3.49. The van der Waals surface area contributed by atoms with Crippen LogP contribution in [0, 0.1) is 5.82 Å². The van der Waals surface area contributed by atoms with Gasteiger partial charge in [0.25, 0.3) is 0 Å². The van der Waals surface area contributed by atoms with Gasteiger partial charge < -0.3 is 24.3 Å². The van der Waals surface area contributed by atoms with Crippen molar-refractivity contribution in [2.24, 2.45) is 0 Å². The summed E-state index contributed by atoms with van der Waals surface area (Å²) in [5.41, 5.74) is -0.143. The van der Waals surface area contributed by atoms with E-state index in [9.17, 15) is 14.4 Å². The number of nitrogens with zero attached hydrogens (tertiary/aromatic N) is 2. The van der Waals surface area contributed by atoms with Gasteiger partial charge in [0, 0.05) is 25.3 Å². The molecule has 2 fully saturated rings. The van der Waals surface area contributed by atoms with Crippen LogP contribution in [0.1, 0.15) is 49.5 Å². The zero-order chi connectivity index (χ0) is 23.0. The van der Waals surface area contributed by atoms with Crippen LogP contribution >= 0.6 is 11.6 Å². The molecule has 1 aliphatic heterocycles. The second-order valence-corrected chi connectivity index (χ2v) is 8.32. The number of nitrogens with one attached hydrogen (secondary N) is 1. The van der Waals surface area contributed by atoms with E-state index < -0.39 is 23.3 Å². The molecule has 1 aliphatic carbocycles. The van der Waals surface area contributed by atoms with Gasteiger partial charge in [-0.3, -0.25) is 4.79 Å². The summed E-state index contributed by atoms with van der Waals surface area (Å²) in [6.07, 6.45) is 3.31. The first kappa shape index (κ1) is 22.4. The van der Waals surface area contributed by atoms with E-state index in [1.165, 1.54) is 6.20 Å². The van der Waals surface area contributed by atoms with Crippen LogP contribution in [-0.4, -0.2) is 49.0 Å². The van der Waals surface area contributed by atoms with Gasteiger partial charge in [-0.1, -0.05) is 11.6 Å². The molecule has 1 saturated carbocycles. The number of ether oxygens (including phenoxy) is 2. The lowest BCUT2D eigenvalue weighted by Gasteiger charge is -2.23. The van der Waals surface area contributed by atoms with Crippen LogP contribution in [0.2, 0.25) is 5.02 Å². The zero-order valence-electron chi connectivity index (χ0n) is 18.0. The third-order valence-corrected chi connectivity index (χ3v) is 6.08. The minimum atomic E-state index is -0.734. The van der Waals surface area contributed by atoms with Gasteiger partial charge in [0.2, 0.25) is 5.43 Å². The molecule has 2 heterocycles. The Morgan fingerprint density at radius 2 is 1.94 bits per heavy atom. The first-order valence-electron chi connectivity index (χ1n) is 10.8. The van der Waals surface area contributed by atoms with E-state index in [2.05, 4.69) is 5.32 Å². The fraction of sp³-hybridized carbons (Fsp3) is 0.500. The lowest BCUT2D eigenvalue weighted by Crippen LogP contribution is -2.37. The van der Waals surface area contributed by atoms with E-state index in [1.807, 2.05) is 0 Å². The van der Waals surface area contributed by atoms with Crippen molar-refractivity contribution in [1.82, 2.24) is 9.88 Å². The number of benzene rings is 1. The van der Waals surface area contributed by atoms with Gasteiger partial charge in [0.1, 0.15) is 11.4 Å². The quantitative estimate of drug-likeness (QED) is 0.655. The molecule has 1 aromatic carbocycles. The van der Waals surface area contributed by atoms with Crippen molar-refractivity contribution < 1.29 is 23.5 Å². The van der Waals surface area contributed by atoms with Gasteiger partial charge in [-0.05, 0) is 39.2 Å². The van der Waals surface area contributed by atoms with Crippen LogP contribution in [-0.2, 0) is 9.47 Å². The molecule has 2 aromatic rings. The van der Waals surface area contributed by atoms with Crippen molar-refractivity contribution in [3.8, 4) is 0 Å². The highest BCUT2D eigenvalue weighted by molar-refractivity contribution is 6.38. The van der Waals surface area contributed by atoms with Gasteiger partial charge >= 0.3 is 12.1 Å². The Morgan fingerprint density at radius 1 is 1.22 bits per heavy atom. The van der Waals surface area contributed by atoms with Crippen molar-refractivity contribution in [3.05, 3.63) is 38.9 Å². The SMILES string of the molecule is CCOC(=O)NC1CCN(c2c(F)cc3c(=O)c(C(=O)OCC)cn(C4CC4)c3c2Cl)C1. The summed E-state index contributed by atoms with van der Waals surface area (Å²) in [6, 6.07) is 1.02. The van der Waals surface area contributed by atoms with Gasteiger partial charge in [-0.15, -0.1) is 0 Å². The third-order valence-electron chi connectivity index (χ3n) is 5.72. The number of amides is 1. The Labute approximate surface area is 189 Å². The van der Waals surface area contributed by atoms with Crippen molar-refractivity contribution in [3.63, 3.8) is 0 Å². The topological polar surface area (TPSA) is 89.9 Å². The zero-order valence-corrected chi connectivity index (χ0v) is 18.7. The highest BCUT2D eigenvalue weighted by Gasteiger charge is 2.33. The summed E-state index contributed by atoms with van der Waals surface area (Å²) in [6.45, 7) is 4.60. The van der Waals surface area contributed by atoms with Crippen LogP contribution in [0.25, 0.3) is 10.9 Å². The van der Waals surface area contributed by atoms with Crippen LogP contribution in [0.5, 0.6) is 0 Å². The molecule has 32 heavy (non-hydrogen) atoms. The maximum atomic E-state index is 15.2. The predicted octanol–water partition coefficient (Wildman–Crippen LogP) is 3.63. The number of alkyl carbamates (subject to hydrolysis) is 1. The first-order chi connectivity index (χ1) is 15.3. The highest BCUT2D eigenvalue weighted by atomic mass is 35.5. The highest BCUT2D eigenvalue weighted by Crippen LogP contribution is 2.42. The van der Waals surface area contributed by atoms with Gasteiger partial charge in [-0.25, -0.2) is 14.0 Å². The molecular weight excluding hydrogens is 441 g/mol. The molecule has 1 unspecified atom stereocenters. The smallest absolute Gasteiger partial charge is 0.407 e. The van der Waals surface area contributed by atoms with E-state index in [0.717, 1.165) is 18.9 Å². The van der Waals surface area contributed by atoms with Crippen LogP contribution in [0.4, 0.5) is 14.9 Å². The second-order valence-electron chi connectivity index (χ2n) is 7.94. The lowest BCUT2D eigenvalue weighted by atomic mass is 10.1. The van der Waals surface area contributed by atoms with Crippen molar-refractivity contribution >= 4 is 40.3 Å². The number of carbonyl (C=O) groups is 2. The maximum absolute atomic E-state index is 15.2. The fourth-order valence-corrected chi connectivity index (χ4v) is 4.55. The van der Waals surface area contributed by atoms with E-state index in [1.54, 1.807) is 23.3 Å².